The Labute approximate surface area is 132 Å². The number of fused-ring (bicyclic) bond motifs is 1. The molecule has 1 atom stereocenters. The molecule has 1 unspecified atom stereocenters. The first-order chi connectivity index (χ1) is 10.8. The van der Waals surface area contributed by atoms with E-state index >= 15 is 0 Å². The largest absolute Gasteiger partial charge is 0.459 e. The lowest BCUT2D eigenvalue weighted by Crippen LogP contribution is -2.39. The van der Waals surface area contributed by atoms with Crippen LogP contribution in [0.2, 0.25) is 0 Å². The fraction of sp³-hybridized carbons (Fsp3) is 0.167. The first kappa shape index (κ1) is 13.3. The summed E-state index contributed by atoms with van der Waals surface area (Å²) in [6.45, 7) is 0.715. The molecule has 2 aromatic heterocycles. The number of hydrogen-bond acceptors (Lipinski definition) is 3. The minimum atomic E-state index is -0.0456. The van der Waals surface area contributed by atoms with Gasteiger partial charge in [-0.1, -0.05) is 30.3 Å². The van der Waals surface area contributed by atoms with Crippen molar-refractivity contribution in [3.05, 3.63) is 81.9 Å². The minimum Gasteiger partial charge on any atom is -0.459 e. The third-order valence-electron chi connectivity index (χ3n) is 4.07. The van der Waals surface area contributed by atoms with Crippen molar-refractivity contribution in [1.82, 2.24) is 4.90 Å². The predicted octanol–water partition coefficient (Wildman–Crippen LogP) is 4.13. The van der Waals surface area contributed by atoms with Crippen molar-refractivity contribution >= 4 is 17.2 Å². The third kappa shape index (κ3) is 2.16. The quantitative estimate of drug-likeness (QED) is 0.713. The number of furan rings is 1. The highest BCUT2D eigenvalue weighted by molar-refractivity contribution is 7.10. The van der Waals surface area contributed by atoms with E-state index in [4.69, 9.17) is 4.42 Å². The third-order valence-corrected chi connectivity index (χ3v) is 5.07. The first-order valence-corrected chi connectivity index (χ1v) is 8.18. The van der Waals surface area contributed by atoms with Gasteiger partial charge in [-0.15, -0.1) is 11.3 Å². The van der Waals surface area contributed by atoms with Crippen molar-refractivity contribution in [2.45, 2.75) is 12.5 Å². The Kier molecular flexibility index (Phi) is 3.31. The van der Waals surface area contributed by atoms with Gasteiger partial charge in [-0.3, -0.25) is 4.79 Å². The molecule has 0 aliphatic carbocycles. The van der Waals surface area contributed by atoms with Gasteiger partial charge in [0.1, 0.15) is 0 Å². The molecule has 0 bridgehead atoms. The molecule has 0 radical (unpaired) electrons. The van der Waals surface area contributed by atoms with Crippen molar-refractivity contribution in [3.63, 3.8) is 0 Å². The van der Waals surface area contributed by atoms with E-state index in [-0.39, 0.29) is 11.9 Å². The number of thiophene rings is 1. The molecule has 3 nitrogen and oxygen atoms in total. The molecule has 22 heavy (non-hydrogen) atoms. The average molecular weight is 309 g/mol. The van der Waals surface area contributed by atoms with E-state index < -0.39 is 0 Å². The Bertz CT molecular complexity index is 777. The van der Waals surface area contributed by atoms with Crippen LogP contribution in [0.5, 0.6) is 0 Å². The van der Waals surface area contributed by atoms with Gasteiger partial charge < -0.3 is 9.32 Å². The maximum Gasteiger partial charge on any atom is 0.290 e. The Morgan fingerprint density at radius 3 is 2.77 bits per heavy atom. The fourth-order valence-electron chi connectivity index (χ4n) is 3.07. The molecule has 4 heteroatoms. The summed E-state index contributed by atoms with van der Waals surface area (Å²) in [4.78, 5) is 16.1. The molecule has 1 aliphatic heterocycles. The minimum absolute atomic E-state index is 0.0335. The van der Waals surface area contributed by atoms with Crippen molar-refractivity contribution < 1.29 is 9.21 Å². The monoisotopic (exact) mass is 309 g/mol. The number of nitrogens with zero attached hydrogens (tertiary/aromatic N) is 1. The van der Waals surface area contributed by atoms with Crippen molar-refractivity contribution in [3.8, 4) is 0 Å². The summed E-state index contributed by atoms with van der Waals surface area (Å²) in [6, 6.07) is 15.8. The van der Waals surface area contributed by atoms with E-state index in [1.165, 1.54) is 10.4 Å². The number of amides is 1. The molecule has 4 rings (SSSR count). The summed E-state index contributed by atoms with van der Waals surface area (Å²) in [5.74, 6) is 0.357. The van der Waals surface area contributed by atoms with Crippen LogP contribution in [0.1, 0.15) is 32.6 Å². The molecule has 0 saturated carbocycles. The van der Waals surface area contributed by atoms with Gasteiger partial charge in [0.15, 0.2) is 5.76 Å². The highest BCUT2D eigenvalue weighted by atomic mass is 32.1. The number of carbonyl (C=O) groups is 1. The van der Waals surface area contributed by atoms with Crippen LogP contribution in [0.15, 0.2) is 64.6 Å². The second-order valence-corrected chi connectivity index (χ2v) is 6.34. The number of carbonyl (C=O) groups excluding carboxylic acids is 1. The summed E-state index contributed by atoms with van der Waals surface area (Å²) < 4.78 is 5.31. The maximum absolute atomic E-state index is 12.8. The van der Waals surface area contributed by atoms with Gasteiger partial charge in [-0.25, -0.2) is 0 Å². The zero-order chi connectivity index (χ0) is 14.9. The zero-order valence-electron chi connectivity index (χ0n) is 11.9. The standard InChI is InChI=1S/C18H15NO2S/c20-18(15-7-4-11-21-15)19-10-8-16-14(9-12-22-16)17(19)13-5-2-1-3-6-13/h1-7,9,11-12,17H,8,10H2. The van der Waals surface area contributed by atoms with Crippen LogP contribution in [0.25, 0.3) is 0 Å². The molecule has 3 heterocycles. The van der Waals surface area contributed by atoms with Crippen molar-refractivity contribution in [1.29, 1.82) is 0 Å². The molecule has 0 spiro atoms. The van der Waals surface area contributed by atoms with E-state index in [2.05, 4.69) is 23.6 Å². The summed E-state index contributed by atoms with van der Waals surface area (Å²) in [6.07, 6.45) is 2.45. The topological polar surface area (TPSA) is 33.5 Å². The summed E-state index contributed by atoms with van der Waals surface area (Å²) in [5, 5.41) is 2.11. The second-order valence-electron chi connectivity index (χ2n) is 5.34. The second kappa shape index (κ2) is 5.46. The lowest BCUT2D eigenvalue weighted by molar-refractivity contribution is 0.0663. The Balaban J connectivity index is 1.79. The van der Waals surface area contributed by atoms with Crippen LogP contribution < -0.4 is 0 Å². The summed E-state index contributed by atoms with van der Waals surface area (Å²) >= 11 is 1.77. The van der Waals surface area contributed by atoms with Gasteiger partial charge in [-0.05, 0) is 41.1 Å². The van der Waals surface area contributed by atoms with Crippen LogP contribution >= 0.6 is 11.3 Å². The smallest absolute Gasteiger partial charge is 0.290 e. The number of hydrogen-bond donors (Lipinski definition) is 0. The lowest BCUT2D eigenvalue weighted by Gasteiger charge is -2.35. The Hall–Kier alpha value is -2.33. The van der Waals surface area contributed by atoms with Gasteiger partial charge in [0.2, 0.25) is 0 Å². The fourth-order valence-corrected chi connectivity index (χ4v) is 3.98. The molecule has 0 saturated heterocycles. The molecule has 1 amide bonds. The van der Waals surface area contributed by atoms with Gasteiger partial charge in [0.25, 0.3) is 5.91 Å². The SMILES string of the molecule is O=C(c1ccco1)N1CCc2sccc2C1c1ccccc1. The van der Waals surface area contributed by atoms with E-state index in [1.807, 2.05) is 23.1 Å². The van der Waals surface area contributed by atoms with Gasteiger partial charge in [0.05, 0.1) is 12.3 Å². The predicted molar refractivity (Wildman–Crippen MR) is 86.1 cm³/mol. The number of benzene rings is 1. The Morgan fingerprint density at radius 1 is 1.14 bits per heavy atom. The van der Waals surface area contributed by atoms with Crippen LogP contribution in [0.3, 0.4) is 0 Å². The van der Waals surface area contributed by atoms with E-state index in [0.29, 0.717) is 12.3 Å². The van der Waals surface area contributed by atoms with Gasteiger partial charge >= 0.3 is 0 Å². The number of rotatable bonds is 2. The van der Waals surface area contributed by atoms with Crippen molar-refractivity contribution in [2.75, 3.05) is 6.54 Å². The van der Waals surface area contributed by atoms with E-state index in [0.717, 1.165) is 12.0 Å². The highest BCUT2D eigenvalue weighted by Crippen LogP contribution is 2.38. The summed E-state index contributed by atoms with van der Waals surface area (Å²) in [7, 11) is 0. The average Bonchev–Trinajstić information content (AvgIpc) is 3.25. The highest BCUT2D eigenvalue weighted by Gasteiger charge is 2.34. The summed E-state index contributed by atoms with van der Waals surface area (Å²) in [5.41, 5.74) is 2.38. The van der Waals surface area contributed by atoms with Gasteiger partial charge in [-0.2, -0.15) is 0 Å². The van der Waals surface area contributed by atoms with Crippen LogP contribution in [0, 0.1) is 0 Å². The Morgan fingerprint density at radius 2 is 2.00 bits per heavy atom. The molecular formula is C18H15NO2S. The van der Waals surface area contributed by atoms with Crippen LogP contribution in [-0.2, 0) is 6.42 Å². The normalized spacial score (nSPS) is 17.3. The molecule has 1 aliphatic rings. The van der Waals surface area contributed by atoms with Crippen LogP contribution in [-0.4, -0.2) is 17.4 Å². The van der Waals surface area contributed by atoms with E-state index in [9.17, 15) is 4.79 Å². The zero-order valence-corrected chi connectivity index (χ0v) is 12.8. The molecular weight excluding hydrogens is 294 g/mol. The van der Waals surface area contributed by atoms with Crippen LogP contribution in [0.4, 0.5) is 0 Å². The van der Waals surface area contributed by atoms with E-state index in [1.54, 1.807) is 29.7 Å². The first-order valence-electron chi connectivity index (χ1n) is 7.30. The maximum atomic E-state index is 12.8. The molecule has 3 aromatic rings. The lowest BCUT2D eigenvalue weighted by atomic mass is 9.93. The molecule has 110 valence electrons. The molecule has 0 fully saturated rings. The molecule has 0 N–H and O–H groups in total. The van der Waals surface area contributed by atoms with Crippen molar-refractivity contribution in [2.24, 2.45) is 0 Å². The molecule has 1 aromatic carbocycles. The van der Waals surface area contributed by atoms with Gasteiger partial charge in [0, 0.05) is 11.4 Å².